The normalized spacial score (nSPS) is 21.3. The maximum Gasteiger partial charge on any atom is 0.254 e. The number of hydrogen-bond donors (Lipinski definition) is 1. The monoisotopic (exact) mass is 287 g/mol. The highest BCUT2D eigenvalue weighted by atomic mass is 16.2. The van der Waals surface area contributed by atoms with Gasteiger partial charge in [0.1, 0.15) is 0 Å². The zero-order chi connectivity index (χ0) is 15.0. The van der Waals surface area contributed by atoms with E-state index >= 15 is 0 Å². The molecule has 1 aromatic rings. The van der Waals surface area contributed by atoms with Crippen molar-refractivity contribution in [3.05, 3.63) is 29.3 Å². The maximum absolute atomic E-state index is 12.6. The van der Waals surface area contributed by atoms with E-state index < -0.39 is 0 Å². The highest BCUT2D eigenvalue weighted by Gasteiger charge is 2.27. The Hall–Kier alpha value is -1.88. The van der Waals surface area contributed by atoms with E-state index in [1.54, 1.807) is 11.8 Å². The molecule has 1 aromatic carbocycles. The van der Waals surface area contributed by atoms with Crippen LogP contribution >= 0.6 is 0 Å². The molecule has 0 unspecified atom stereocenters. The Bertz CT molecular complexity index is 585. The van der Waals surface area contributed by atoms with Crippen LogP contribution in [0.2, 0.25) is 0 Å². The minimum atomic E-state index is 0.0588. The lowest BCUT2D eigenvalue weighted by Crippen LogP contribution is -2.52. The van der Waals surface area contributed by atoms with E-state index in [1.165, 1.54) is 0 Å². The highest BCUT2D eigenvalue weighted by Crippen LogP contribution is 2.29. The van der Waals surface area contributed by atoms with Gasteiger partial charge in [0, 0.05) is 50.4 Å². The van der Waals surface area contributed by atoms with Gasteiger partial charge in [-0.05, 0) is 37.1 Å². The smallest absolute Gasteiger partial charge is 0.254 e. The zero-order valence-corrected chi connectivity index (χ0v) is 12.6. The molecule has 3 rings (SSSR count). The summed E-state index contributed by atoms with van der Waals surface area (Å²) in [4.78, 5) is 27.9. The molecule has 0 saturated carbocycles. The molecule has 0 radical (unpaired) electrons. The van der Waals surface area contributed by atoms with Crippen LogP contribution in [0.4, 0.5) is 5.69 Å². The fraction of sp³-hybridized carbons (Fsp3) is 0.500. The van der Waals surface area contributed by atoms with E-state index in [0.29, 0.717) is 6.54 Å². The van der Waals surface area contributed by atoms with Crippen LogP contribution in [0.25, 0.3) is 0 Å². The number of carbonyl (C=O) groups excluding carboxylic acids is 2. The Morgan fingerprint density at radius 2 is 2.10 bits per heavy atom. The van der Waals surface area contributed by atoms with Crippen molar-refractivity contribution in [2.24, 2.45) is 0 Å². The Kier molecular flexibility index (Phi) is 3.68. The second kappa shape index (κ2) is 5.48. The third-order valence-corrected chi connectivity index (χ3v) is 4.36. The third-order valence-electron chi connectivity index (χ3n) is 4.36. The molecule has 2 aliphatic heterocycles. The van der Waals surface area contributed by atoms with Gasteiger partial charge in [-0.25, -0.2) is 0 Å². The molecule has 5 heteroatoms. The first-order valence-electron chi connectivity index (χ1n) is 7.50. The average molecular weight is 287 g/mol. The lowest BCUT2D eigenvalue weighted by atomic mass is 10.1. The molecule has 0 aliphatic carbocycles. The van der Waals surface area contributed by atoms with Crippen molar-refractivity contribution in [2.75, 3.05) is 31.1 Å². The predicted octanol–water partition coefficient (Wildman–Crippen LogP) is 1.03. The number of rotatable bonds is 1. The van der Waals surface area contributed by atoms with Gasteiger partial charge in [0.15, 0.2) is 0 Å². The Labute approximate surface area is 124 Å². The highest BCUT2D eigenvalue weighted by molar-refractivity contribution is 5.98. The van der Waals surface area contributed by atoms with Gasteiger partial charge in [-0.1, -0.05) is 0 Å². The van der Waals surface area contributed by atoms with Gasteiger partial charge in [-0.3, -0.25) is 9.59 Å². The lowest BCUT2D eigenvalue weighted by molar-refractivity contribution is -0.116. The maximum atomic E-state index is 12.6. The molecule has 112 valence electrons. The number of benzene rings is 1. The number of amides is 2. The molecule has 1 N–H and O–H groups in total. The van der Waals surface area contributed by atoms with Gasteiger partial charge >= 0.3 is 0 Å². The molecule has 5 nitrogen and oxygen atoms in total. The second-order valence-corrected chi connectivity index (χ2v) is 5.82. The average Bonchev–Trinajstić information content (AvgIpc) is 2.90. The minimum absolute atomic E-state index is 0.0588. The number of piperazine rings is 1. The molecule has 0 spiro atoms. The van der Waals surface area contributed by atoms with Crippen LogP contribution in [0.5, 0.6) is 0 Å². The topological polar surface area (TPSA) is 52.7 Å². The third kappa shape index (κ3) is 2.53. The Morgan fingerprint density at radius 1 is 1.29 bits per heavy atom. The summed E-state index contributed by atoms with van der Waals surface area (Å²) in [6, 6.07) is 5.92. The molecular formula is C16H21N3O2. The van der Waals surface area contributed by atoms with Gasteiger partial charge in [-0.2, -0.15) is 0 Å². The number of nitrogens with zero attached hydrogens (tertiary/aromatic N) is 2. The summed E-state index contributed by atoms with van der Waals surface area (Å²) in [6.07, 6.45) is 0.827. The van der Waals surface area contributed by atoms with Gasteiger partial charge < -0.3 is 15.1 Å². The molecule has 0 aromatic heterocycles. The predicted molar refractivity (Wildman–Crippen MR) is 81.5 cm³/mol. The fourth-order valence-corrected chi connectivity index (χ4v) is 3.17. The summed E-state index contributed by atoms with van der Waals surface area (Å²) >= 11 is 0. The SMILES string of the molecule is CC(=O)N1CCc2cc(C(=O)N3CCNC[C@@H]3C)ccc21. The van der Waals surface area contributed by atoms with Crippen LogP contribution in [0, 0.1) is 0 Å². The first-order chi connectivity index (χ1) is 10.1. The van der Waals surface area contributed by atoms with Crippen molar-refractivity contribution >= 4 is 17.5 Å². The van der Waals surface area contributed by atoms with Crippen LogP contribution < -0.4 is 10.2 Å². The number of carbonyl (C=O) groups is 2. The van der Waals surface area contributed by atoms with E-state index in [1.807, 2.05) is 23.1 Å². The van der Waals surface area contributed by atoms with Crippen molar-refractivity contribution in [3.8, 4) is 0 Å². The first kappa shape index (κ1) is 14.1. The van der Waals surface area contributed by atoms with Crippen molar-refractivity contribution in [1.29, 1.82) is 0 Å². The summed E-state index contributed by atoms with van der Waals surface area (Å²) < 4.78 is 0. The van der Waals surface area contributed by atoms with Crippen LogP contribution in [-0.2, 0) is 11.2 Å². The molecule has 2 heterocycles. The van der Waals surface area contributed by atoms with Crippen LogP contribution in [0.15, 0.2) is 18.2 Å². The first-order valence-corrected chi connectivity index (χ1v) is 7.50. The second-order valence-electron chi connectivity index (χ2n) is 5.82. The molecule has 1 atom stereocenters. The number of anilines is 1. The van der Waals surface area contributed by atoms with Gasteiger partial charge in [0.05, 0.1) is 0 Å². The molecule has 2 aliphatic rings. The molecular weight excluding hydrogens is 266 g/mol. The lowest BCUT2D eigenvalue weighted by Gasteiger charge is -2.34. The Morgan fingerprint density at radius 3 is 2.81 bits per heavy atom. The van der Waals surface area contributed by atoms with Crippen LogP contribution in [-0.4, -0.2) is 48.9 Å². The van der Waals surface area contributed by atoms with E-state index in [-0.39, 0.29) is 17.9 Å². The van der Waals surface area contributed by atoms with Gasteiger partial charge in [0.25, 0.3) is 5.91 Å². The largest absolute Gasteiger partial charge is 0.333 e. The van der Waals surface area contributed by atoms with E-state index in [4.69, 9.17) is 0 Å². The standard InChI is InChI=1S/C16H21N3O2/c1-11-10-17-6-8-18(11)16(21)14-3-4-15-13(9-14)5-7-19(15)12(2)20/h3-4,9,11,17H,5-8,10H2,1-2H3/t11-/m0/s1. The summed E-state index contributed by atoms with van der Waals surface area (Å²) in [5.41, 5.74) is 2.78. The Balaban J connectivity index is 1.84. The van der Waals surface area contributed by atoms with Crippen molar-refractivity contribution in [1.82, 2.24) is 10.2 Å². The van der Waals surface area contributed by atoms with Gasteiger partial charge in [-0.15, -0.1) is 0 Å². The summed E-state index contributed by atoms with van der Waals surface area (Å²) in [5, 5.41) is 3.29. The summed E-state index contributed by atoms with van der Waals surface area (Å²) in [7, 11) is 0. The number of nitrogens with one attached hydrogen (secondary N) is 1. The van der Waals surface area contributed by atoms with E-state index in [9.17, 15) is 9.59 Å². The molecule has 2 amide bonds. The van der Waals surface area contributed by atoms with Crippen molar-refractivity contribution < 1.29 is 9.59 Å². The summed E-state index contributed by atoms with van der Waals surface area (Å²) in [6.45, 7) is 6.79. The molecule has 1 fully saturated rings. The number of hydrogen-bond acceptors (Lipinski definition) is 3. The van der Waals surface area contributed by atoms with E-state index in [2.05, 4.69) is 12.2 Å². The van der Waals surface area contributed by atoms with Crippen molar-refractivity contribution in [2.45, 2.75) is 26.3 Å². The molecule has 0 bridgehead atoms. The minimum Gasteiger partial charge on any atom is -0.333 e. The van der Waals surface area contributed by atoms with E-state index in [0.717, 1.165) is 42.9 Å². The zero-order valence-electron chi connectivity index (χ0n) is 12.6. The summed E-state index contributed by atoms with van der Waals surface area (Å²) in [5.74, 6) is 0.150. The van der Waals surface area contributed by atoms with Crippen molar-refractivity contribution in [3.63, 3.8) is 0 Å². The quantitative estimate of drug-likeness (QED) is 0.839. The molecule has 1 saturated heterocycles. The molecule has 21 heavy (non-hydrogen) atoms. The number of fused-ring (bicyclic) bond motifs is 1. The van der Waals surface area contributed by atoms with Crippen LogP contribution in [0.3, 0.4) is 0 Å². The fourth-order valence-electron chi connectivity index (χ4n) is 3.17. The van der Waals surface area contributed by atoms with Gasteiger partial charge in [0.2, 0.25) is 5.91 Å². The van der Waals surface area contributed by atoms with Crippen LogP contribution in [0.1, 0.15) is 29.8 Å².